The molecule has 0 bridgehead atoms. The zero-order valence-corrected chi connectivity index (χ0v) is 21.3. The van der Waals surface area contributed by atoms with E-state index in [0.29, 0.717) is 11.4 Å². The predicted octanol–water partition coefficient (Wildman–Crippen LogP) is 5.46. The molecule has 0 saturated carbocycles. The maximum absolute atomic E-state index is 14.1. The first-order valence-electron chi connectivity index (χ1n) is 12.1. The molecular weight excluding hydrogens is 511 g/mol. The number of benzene rings is 3. The Morgan fingerprint density at radius 3 is 2.53 bits per heavy atom. The van der Waals surface area contributed by atoms with E-state index in [2.05, 4.69) is 10.5 Å². The van der Waals surface area contributed by atoms with Gasteiger partial charge in [0, 0.05) is 29.1 Å². The minimum Gasteiger partial charge on any atom is -0.464 e. The lowest BCUT2D eigenvalue weighted by atomic mass is 9.97. The molecule has 4 aromatic rings. The van der Waals surface area contributed by atoms with Gasteiger partial charge in [0.25, 0.3) is 5.91 Å². The second-order valence-corrected chi connectivity index (χ2v) is 9.08. The molecule has 7 nitrogen and oxygen atoms in total. The summed E-state index contributed by atoms with van der Waals surface area (Å²) in [6, 6.07) is 21.8. The van der Waals surface area contributed by atoms with Crippen LogP contribution in [0.25, 0.3) is 22.4 Å². The van der Waals surface area contributed by atoms with Crippen molar-refractivity contribution in [1.29, 1.82) is 0 Å². The summed E-state index contributed by atoms with van der Waals surface area (Å²) in [6.07, 6.45) is -1.21. The molecule has 0 unspecified atom stereocenters. The smallest absolute Gasteiger partial charge is 0.335 e. The van der Waals surface area contributed by atoms with Gasteiger partial charge in [-0.05, 0) is 54.3 Å². The molecule has 196 valence electrons. The summed E-state index contributed by atoms with van der Waals surface area (Å²) in [5.74, 6) is -2.01. The number of rotatable bonds is 10. The highest BCUT2D eigenvalue weighted by atomic mass is 35.5. The first kappa shape index (κ1) is 27.0. The van der Waals surface area contributed by atoms with Crippen molar-refractivity contribution >= 4 is 23.5 Å². The highest BCUT2D eigenvalue weighted by molar-refractivity contribution is 6.30. The number of aromatic nitrogens is 1. The monoisotopic (exact) mass is 536 g/mol. The molecule has 0 spiro atoms. The molecule has 2 atom stereocenters. The van der Waals surface area contributed by atoms with Gasteiger partial charge in [-0.2, -0.15) is 0 Å². The van der Waals surface area contributed by atoms with Gasteiger partial charge in [-0.15, -0.1) is 0 Å². The molecule has 0 saturated heterocycles. The minimum absolute atomic E-state index is 0.0884. The third-order valence-corrected chi connectivity index (χ3v) is 6.11. The number of aliphatic hydroxyl groups is 1. The largest absolute Gasteiger partial charge is 0.464 e. The molecular formula is C29H26ClFN2O5. The molecule has 38 heavy (non-hydrogen) atoms. The summed E-state index contributed by atoms with van der Waals surface area (Å²) in [5.41, 5.74) is 3.16. The third-order valence-electron chi connectivity index (χ3n) is 5.88. The first-order chi connectivity index (χ1) is 18.3. The average molecular weight is 537 g/mol. The number of hydrogen-bond donors (Lipinski definition) is 2. The van der Waals surface area contributed by atoms with Crippen LogP contribution in [0.1, 0.15) is 29.5 Å². The lowest BCUT2D eigenvalue weighted by Gasteiger charge is -2.21. The van der Waals surface area contributed by atoms with Crippen LogP contribution in [0.2, 0.25) is 5.02 Å². The van der Waals surface area contributed by atoms with Gasteiger partial charge < -0.3 is 19.7 Å². The zero-order chi connectivity index (χ0) is 27.1. The van der Waals surface area contributed by atoms with Crippen LogP contribution in [0, 0.1) is 5.82 Å². The van der Waals surface area contributed by atoms with Crippen LogP contribution in [0.3, 0.4) is 0 Å². The van der Waals surface area contributed by atoms with Crippen molar-refractivity contribution in [1.82, 2.24) is 10.5 Å². The van der Waals surface area contributed by atoms with Crippen molar-refractivity contribution in [3.05, 3.63) is 101 Å². The van der Waals surface area contributed by atoms with E-state index in [-0.39, 0.29) is 30.0 Å². The second kappa shape index (κ2) is 12.5. The lowest BCUT2D eigenvalue weighted by molar-refractivity contribution is -0.153. The van der Waals surface area contributed by atoms with Crippen LogP contribution < -0.4 is 5.32 Å². The fraction of sp³-hybridized carbons (Fsp3) is 0.207. The van der Waals surface area contributed by atoms with Crippen molar-refractivity contribution < 1.29 is 28.3 Å². The number of nitrogens with zero attached hydrogens (tertiary/aromatic N) is 1. The average Bonchev–Trinajstić information content (AvgIpc) is 3.40. The summed E-state index contributed by atoms with van der Waals surface area (Å²) in [4.78, 5) is 25.0. The van der Waals surface area contributed by atoms with Crippen molar-refractivity contribution in [3.8, 4) is 22.4 Å². The van der Waals surface area contributed by atoms with Gasteiger partial charge in [0.15, 0.2) is 6.10 Å². The fourth-order valence-electron chi connectivity index (χ4n) is 4.02. The van der Waals surface area contributed by atoms with Gasteiger partial charge in [0.2, 0.25) is 5.76 Å². The van der Waals surface area contributed by atoms with Gasteiger partial charge in [0.05, 0.1) is 6.61 Å². The number of ether oxygens (including phenoxy) is 1. The van der Waals surface area contributed by atoms with Gasteiger partial charge in [0.1, 0.15) is 11.5 Å². The van der Waals surface area contributed by atoms with Crippen molar-refractivity contribution in [2.24, 2.45) is 0 Å². The lowest BCUT2D eigenvalue weighted by Crippen LogP contribution is -2.40. The molecule has 2 N–H and O–H groups in total. The van der Waals surface area contributed by atoms with Crippen LogP contribution in [-0.4, -0.2) is 40.9 Å². The quantitative estimate of drug-likeness (QED) is 0.261. The molecule has 0 radical (unpaired) electrons. The number of aliphatic hydroxyl groups excluding tert-OH is 1. The third kappa shape index (κ3) is 6.85. The summed E-state index contributed by atoms with van der Waals surface area (Å²) in [5, 5.41) is 17.6. The molecule has 4 rings (SSSR count). The van der Waals surface area contributed by atoms with Crippen LogP contribution in [0.15, 0.2) is 83.4 Å². The summed E-state index contributed by atoms with van der Waals surface area (Å²) >= 11 is 6.10. The molecule has 3 aromatic carbocycles. The Bertz CT molecular complexity index is 1410. The molecule has 0 fully saturated rings. The number of amides is 1. The summed E-state index contributed by atoms with van der Waals surface area (Å²) in [7, 11) is 0. The van der Waals surface area contributed by atoms with Crippen LogP contribution in [-0.2, 0) is 16.0 Å². The van der Waals surface area contributed by atoms with Gasteiger partial charge >= 0.3 is 5.97 Å². The number of nitrogens with one attached hydrogen (secondary N) is 1. The van der Waals surface area contributed by atoms with E-state index in [1.54, 1.807) is 25.1 Å². The number of halogens is 2. The Labute approximate surface area is 224 Å². The van der Waals surface area contributed by atoms with Gasteiger partial charge in [-0.1, -0.05) is 65.3 Å². The number of esters is 1. The van der Waals surface area contributed by atoms with Crippen molar-refractivity contribution in [2.45, 2.75) is 31.9 Å². The molecule has 0 aliphatic rings. The Morgan fingerprint density at radius 2 is 1.82 bits per heavy atom. The highest BCUT2D eigenvalue weighted by Gasteiger charge is 2.25. The van der Waals surface area contributed by atoms with E-state index in [9.17, 15) is 19.1 Å². The van der Waals surface area contributed by atoms with Gasteiger partial charge in [-0.25, -0.2) is 9.18 Å². The van der Waals surface area contributed by atoms with Crippen LogP contribution >= 0.6 is 11.6 Å². The topological polar surface area (TPSA) is 102 Å². The normalized spacial score (nSPS) is 12.5. The maximum Gasteiger partial charge on any atom is 0.335 e. The van der Waals surface area contributed by atoms with Crippen LogP contribution in [0.4, 0.5) is 4.39 Å². The minimum atomic E-state index is -1.44. The van der Waals surface area contributed by atoms with E-state index in [4.69, 9.17) is 20.9 Å². The van der Waals surface area contributed by atoms with Gasteiger partial charge in [-0.3, -0.25) is 4.79 Å². The first-order valence-corrected chi connectivity index (χ1v) is 12.4. The number of hydrogen-bond acceptors (Lipinski definition) is 6. The number of carbonyl (C=O) groups excluding carboxylic acids is 2. The predicted molar refractivity (Wildman–Crippen MR) is 141 cm³/mol. The van der Waals surface area contributed by atoms with Crippen molar-refractivity contribution in [3.63, 3.8) is 0 Å². The molecule has 1 amide bonds. The Hall–Kier alpha value is -4.01. The van der Waals surface area contributed by atoms with E-state index in [1.807, 2.05) is 42.5 Å². The fourth-order valence-corrected chi connectivity index (χ4v) is 4.21. The summed E-state index contributed by atoms with van der Waals surface area (Å²) in [6.45, 7) is 1.76. The van der Waals surface area contributed by atoms with Crippen molar-refractivity contribution in [2.75, 3.05) is 6.61 Å². The molecule has 1 heterocycles. The number of carbonyl (C=O) groups is 2. The van der Waals surface area contributed by atoms with E-state index >= 15 is 0 Å². The second-order valence-electron chi connectivity index (χ2n) is 8.64. The highest BCUT2D eigenvalue weighted by Crippen LogP contribution is 2.24. The Kier molecular flexibility index (Phi) is 8.89. The standard InChI is InChI=1S/C29H26ClFN2O5/c1-2-37-29(36)26(34)16-22(14-18-10-12-19(13-11-18)20-6-5-7-21(30)15-20)32-28(35)27-17-25(33-38-27)23-8-3-4-9-24(23)31/h3-13,15,17,22,26,34H,2,14,16H2,1H3,(H,32,35)/t22-,26-/m1/s1. The molecule has 0 aliphatic heterocycles. The SMILES string of the molecule is CCOC(=O)[C@H](O)C[C@@H](Cc1ccc(-c2cccc(Cl)c2)cc1)NC(=O)c1cc(-c2ccccc2F)no1. The Morgan fingerprint density at radius 1 is 1.05 bits per heavy atom. The van der Waals surface area contributed by atoms with E-state index < -0.39 is 29.8 Å². The van der Waals surface area contributed by atoms with E-state index in [1.165, 1.54) is 18.2 Å². The van der Waals surface area contributed by atoms with E-state index in [0.717, 1.165) is 16.7 Å². The van der Waals surface area contributed by atoms with Crippen LogP contribution in [0.5, 0.6) is 0 Å². The molecule has 9 heteroatoms. The Balaban J connectivity index is 1.51. The zero-order valence-electron chi connectivity index (χ0n) is 20.6. The summed E-state index contributed by atoms with van der Waals surface area (Å²) < 4.78 is 24.2. The molecule has 0 aliphatic carbocycles. The maximum atomic E-state index is 14.1. The molecule has 1 aromatic heterocycles.